The van der Waals surface area contributed by atoms with Crippen molar-refractivity contribution in [2.45, 2.75) is 20.3 Å². The number of aliphatic imine (C=N–C) groups is 1. The molecule has 0 radical (unpaired) electrons. The van der Waals surface area contributed by atoms with Crippen LogP contribution >= 0.6 is 18.1 Å². The second-order valence-corrected chi connectivity index (χ2v) is 7.87. The van der Waals surface area contributed by atoms with Gasteiger partial charge >= 0.3 is 6.72 Å². The molecule has 1 fully saturated rings. The van der Waals surface area contributed by atoms with Gasteiger partial charge in [0, 0.05) is 25.4 Å². The molecule has 0 saturated carbocycles. The highest BCUT2D eigenvalue weighted by Gasteiger charge is 2.38. The summed E-state index contributed by atoms with van der Waals surface area (Å²) in [5.41, 5.74) is 0. The van der Waals surface area contributed by atoms with Crippen molar-refractivity contribution in [2.75, 3.05) is 25.4 Å². The quantitative estimate of drug-likeness (QED) is 0.608. The predicted molar refractivity (Wildman–Crippen MR) is 69.6 cm³/mol. The molecular weight excluding hydrogens is 259 g/mol. The van der Waals surface area contributed by atoms with Crippen LogP contribution in [0.4, 0.5) is 0 Å². The first-order chi connectivity index (χ1) is 8.06. The topological polar surface area (TPSA) is 79.9 Å². The molecule has 0 bridgehead atoms. The summed E-state index contributed by atoms with van der Waals surface area (Å²) in [5.74, 6) is 0.945. The summed E-state index contributed by atoms with van der Waals surface area (Å²) in [4.78, 5) is 15.5. The fourth-order valence-electron chi connectivity index (χ4n) is 1.57. The molecule has 6 nitrogen and oxygen atoms in total. The number of hydrogen-bond acceptors (Lipinski definition) is 4. The van der Waals surface area contributed by atoms with E-state index in [0.29, 0.717) is 31.3 Å². The van der Waals surface area contributed by atoms with Crippen LogP contribution in [0.25, 0.3) is 0 Å². The van der Waals surface area contributed by atoms with E-state index >= 15 is 0 Å². The van der Waals surface area contributed by atoms with Crippen molar-refractivity contribution in [3.8, 4) is 6.19 Å². The Morgan fingerprint density at radius 3 is 2.82 bits per heavy atom. The van der Waals surface area contributed by atoms with E-state index in [0.717, 1.165) is 17.8 Å². The smallest absolute Gasteiger partial charge is 0.340 e. The number of guanidine groups is 1. The highest BCUT2D eigenvalue weighted by atomic mass is 32.7. The summed E-state index contributed by atoms with van der Waals surface area (Å²) in [6.45, 7) is 2.17. The van der Waals surface area contributed by atoms with Gasteiger partial charge in [-0.05, 0) is 24.7 Å². The first-order valence-electron chi connectivity index (χ1n) is 5.53. The Hall–Kier alpha value is -0.700. The monoisotopic (exact) mass is 276 g/mol. The van der Waals surface area contributed by atoms with Gasteiger partial charge in [0.2, 0.25) is 12.2 Å². The van der Waals surface area contributed by atoms with Gasteiger partial charge in [-0.1, -0.05) is 6.92 Å². The van der Waals surface area contributed by atoms with Crippen LogP contribution in [-0.4, -0.2) is 45.8 Å². The van der Waals surface area contributed by atoms with Crippen molar-refractivity contribution in [3.05, 3.63) is 0 Å². The zero-order valence-electron chi connectivity index (χ0n) is 10.0. The van der Waals surface area contributed by atoms with Crippen molar-refractivity contribution in [1.29, 1.82) is 5.26 Å². The van der Waals surface area contributed by atoms with E-state index in [2.05, 4.69) is 4.99 Å². The van der Waals surface area contributed by atoms with Crippen LogP contribution in [0.5, 0.6) is 0 Å². The van der Waals surface area contributed by atoms with Gasteiger partial charge in [-0.15, -0.1) is 4.99 Å². The lowest BCUT2D eigenvalue weighted by Crippen LogP contribution is -2.31. The molecule has 1 aliphatic heterocycles. The summed E-state index contributed by atoms with van der Waals surface area (Å²) in [6, 6.07) is 0. The van der Waals surface area contributed by atoms with E-state index in [9.17, 15) is 9.46 Å². The van der Waals surface area contributed by atoms with Gasteiger partial charge in [0.25, 0.3) is 0 Å². The number of nitrogens with zero attached hydrogens (tertiary/aromatic N) is 4. The average molecular weight is 276 g/mol. The van der Waals surface area contributed by atoms with Gasteiger partial charge in [0.05, 0.1) is 0 Å². The fourth-order valence-corrected chi connectivity index (χ4v) is 5.01. The van der Waals surface area contributed by atoms with Crippen molar-refractivity contribution in [3.63, 3.8) is 0 Å². The van der Waals surface area contributed by atoms with Gasteiger partial charge in [-0.2, -0.15) is 5.26 Å². The Morgan fingerprint density at radius 1 is 1.59 bits per heavy atom. The molecule has 1 heterocycles. The Labute approximate surface area is 106 Å². The summed E-state index contributed by atoms with van der Waals surface area (Å²) in [5, 5.41) is 8.63. The van der Waals surface area contributed by atoms with Crippen LogP contribution in [0, 0.1) is 11.5 Å². The van der Waals surface area contributed by atoms with E-state index in [-0.39, 0.29) is 0 Å². The molecule has 96 valence electrons. The molecule has 0 aromatic carbocycles. The molecule has 1 saturated heterocycles. The third kappa shape index (κ3) is 3.38. The summed E-state index contributed by atoms with van der Waals surface area (Å²) >= 11 is 1.04. The van der Waals surface area contributed by atoms with E-state index in [1.807, 2.05) is 18.7 Å². The van der Waals surface area contributed by atoms with Crippen molar-refractivity contribution >= 4 is 24.1 Å². The van der Waals surface area contributed by atoms with Crippen LogP contribution in [0.2, 0.25) is 0 Å². The number of nitriles is 1. The number of likely N-dealkylation sites (N-methyl/N-ethyl adjacent to an activating group) is 1. The molecule has 1 aliphatic rings. The largest absolute Gasteiger partial charge is 0.353 e. The Balaban J connectivity index is 2.87. The molecule has 0 aliphatic carbocycles. The van der Waals surface area contributed by atoms with E-state index in [4.69, 9.17) is 5.26 Å². The lowest BCUT2D eigenvalue weighted by molar-refractivity contribution is 0.447. The van der Waals surface area contributed by atoms with Crippen LogP contribution in [-0.2, 0) is 4.57 Å². The van der Waals surface area contributed by atoms with Crippen LogP contribution in [0.3, 0.4) is 0 Å². The maximum absolute atomic E-state index is 12.1. The molecule has 1 N–H and O–H groups in total. The van der Waals surface area contributed by atoms with E-state index in [1.54, 1.807) is 6.19 Å². The lowest BCUT2D eigenvalue weighted by Gasteiger charge is -2.24. The summed E-state index contributed by atoms with van der Waals surface area (Å²) < 4.78 is 13.5. The molecule has 0 amide bonds. The van der Waals surface area contributed by atoms with Gasteiger partial charge in [0.15, 0.2) is 0 Å². The van der Waals surface area contributed by atoms with Gasteiger partial charge in [-0.3, -0.25) is 9.24 Å². The molecule has 17 heavy (non-hydrogen) atoms. The second kappa shape index (κ2) is 6.29. The van der Waals surface area contributed by atoms with E-state index < -0.39 is 6.72 Å². The van der Waals surface area contributed by atoms with Crippen LogP contribution in [0.1, 0.15) is 20.3 Å². The first kappa shape index (κ1) is 14.4. The molecule has 0 spiro atoms. The zero-order chi connectivity index (χ0) is 12.9. The number of rotatable bonds is 5. The maximum Gasteiger partial charge on any atom is 0.353 e. The zero-order valence-corrected chi connectivity index (χ0v) is 11.7. The molecule has 0 aromatic rings. The van der Waals surface area contributed by atoms with Crippen molar-refractivity contribution in [1.82, 2.24) is 9.57 Å². The predicted octanol–water partition coefficient (Wildman–Crippen LogP) is 1.70. The average Bonchev–Trinajstić information content (AvgIpc) is 2.71. The second-order valence-electron chi connectivity index (χ2n) is 3.54. The van der Waals surface area contributed by atoms with Crippen LogP contribution < -0.4 is 0 Å². The van der Waals surface area contributed by atoms with Crippen molar-refractivity contribution < 1.29 is 9.46 Å². The van der Waals surface area contributed by atoms with Crippen LogP contribution in [0.15, 0.2) is 4.99 Å². The third-order valence-corrected chi connectivity index (χ3v) is 6.46. The SMILES string of the molecule is CCCSP(=O)(O)N1CCN(CC)C1=NC#N. The highest BCUT2D eigenvalue weighted by molar-refractivity contribution is 8.55. The lowest BCUT2D eigenvalue weighted by atomic mass is 10.6. The van der Waals surface area contributed by atoms with Gasteiger partial charge in [0.1, 0.15) is 0 Å². The third-order valence-electron chi connectivity index (χ3n) is 2.40. The minimum atomic E-state index is -3.47. The standard InChI is InChI=1S/C9H17N4O2PS/c1-3-7-17-16(14,15)13-6-5-12(4-2)9(13)11-8-10/h3-7H2,1-2H3,(H,14,15). The normalized spacial score (nSPS) is 21.6. The Morgan fingerprint density at radius 2 is 2.29 bits per heavy atom. The highest BCUT2D eigenvalue weighted by Crippen LogP contribution is 2.59. The molecule has 1 atom stereocenters. The molecule has 0 aromatic heterocycles. The molecule has 1 rings (SSSR count). The molecular formula is C9H17N4O2PS. The Bertz CT molecular complexity index is 382. The van der Waals surface area contributed by atoms with Gasteiger partial charge < -0.3 is 9.79 Å². The number of hydrogen-bond donors (Lipinski definition) is 1. The molecule has 8 heteroatoms. The first-order valence-corrected chi connectivity index (χ1v) is 8.74. The minimum Gasteiger partial charge on any atom is -0.340 e. The summed E-state index contributed by atoms with van der Waals surface area (Å²) in [6.07, 6.45) is 2.53. The molecule has 1 unspecified atom stereocenters. The summed E-state index contributed by atoms with van der Waals surface area (Å²) in [7, 11) is 0. The van der Waals surface area contributed by atoms with E-state index in [1.165, 1.54) is 4.67 Å². The fraction of sp³-hybridized carbons (Fsp3) is 0.778. The maximum atomic E-state index is 12.1. The minimum absolute atomic E-state index is 0.324. The van der Waals surface area contributed by atoms with Crippen molar-refractivity contribution in [2.24, 2.45) is 4.99 Å². The Kier molecular flexibility index (Phi) is 5.31. The van der Waals surface area contributed by atoms with Gasteiger partial charge in [-0.25, -0.2) is 0 Å².